The Kier molecular flexibility index (Phi) is 9.82. The van der Waals surface area contributed by atoms with E-state index in [2.05, 4.69) is 40.7 Å². The molecule has 0 saturated heterocycles. The highest BCUT2D eigenvalue weighted by Crippen LogP contribution is 2.27. The number of hydrogen-bond acceptors (Lipinski definition) is 5. The quantitative estimate of drug-likeness (QED) is 0.284. The fourth-order valence-electron chi connectivity index (χ4n) is 3.95. The van der Waals surface area contributed by atoms with Gasteiger partial charge in [0.15, 0.2) is 11.0 Å². The highest BCUT2D eigenvalue weighted by atomic mass is 35.5. The lowest BCUT2D eigenvalue weighted by Crippen LogP contribution is -2.31. The van der Waals surface area contributed by atoms with E-state index in [1.54, 1.807) is 18.2 Å². The molecule has 1 unspecified atom stereocenters. The van der Waals surface area contributed by atoms with Crippen LogP contribution in [-0.4, -0.2) is 32.3 Å². The Morgan fingerprint density at radius 2 is 1.75 bits per heavy atom. The fraction of sp³-hybridized carbons (Fsp3) is 0.385. The van der Waals surface area contributed by atoms with Crippen LogP contribution in [0.2, 0.25) is 10.0 Å². The second-order valence-electron chi connectivity index (χ2n) is 9.08. The number of rotatable bonds is 10. The predicted octanol–water partition coefficient (Wildman–Crippen LogP) is 6.47. The van der Waals surface area contributed by atoms with Gasteiger partial charge in [0.05, 0.1) is 22.4 Å². The molecule has 2 aromatic carbocycles. The largest absolute Gasteiger partial charge is 0.342 e. The molecule has 0 spiro atoms. The topological polar surface area (TPSA) is 88.9 Å². The lowest BCUT2D eigenvalue weighted by atomic mass is 10.0. The summed E-state index contributed by atoms with van der Waals surface area (Å²) in [4.78, 5) is 25.6. The van der Waals surface area contributed by atoms with E-state index in [-0.39, 0.29) is 34.5 Å². The van der Waals surface area contributed by atoms with Crippen LogP contribution in [0.4, 0.5) is 5.69 Å². The van der Waals surface area contributed by atoms with Crippen LogP contribution in [-0.2, 0) is 11.3 Å². The third-order valence-corrected chi connectivity index (χ3v) is 6.91. The maximum Gasteiger partial charge on any atom is 0.253 e. The molecule has 36 heavy (non-hydrogen) atoms. The Labute approximate surface area is 226 Å². The van der Waals surface area contributed by atoms with E-state index in [9.17, 15) is 9.59 Å². The summed E-state index contributed by atoms with van der Waals surface area (Å²) in [6.07, 6.45) is 0.660. The number of aryl methyl sites for hydroxylation is 2. The predicted molar refractivity (Wildman–Crippen MR) is 147 cm³/mol. The zero-order chi connectivity index (χ0) is 26.4. The molecule has 1 atom stereocenters. The van der Waals surface area contributed by atoms with Crippen molar-refractivity contribution >= 4 is 52.5 Å². The summed E-state index contributed by atoms with van der Waals surface area (Å²) in [5.74, 6) is 0.684. The van der Waals surface area contributed by atoms with Crippen molar-refractivity contribution < 1.29 is 9.59 Å². The first-order chi connectivity index (χ1) is 17.1. The fourth-order valence-corrected chi connectivity index (χ4v) is 5.25. The van der Waals surface area contributed by atoms with Crippen molar-refractivity contribution in [2.24, 2.45) is 5.92 Å². The van der Waals surface area contributed by atoms with Gasteiger partial charge in [0.1, 0.15) is 0 Å². The van der Waals surface area contributed by atoms with E-state index in [0.717, 1.165) is 16.8 Å². The maximum absolute atomic E-state index is 13.0. The molecule has 0 aliphatic carbocycles. The molecule has 192 valence electrons. The Morgan fingerprint density at radius 3 is 2.36 bits per heavy atom. The highest BCUT2D eigenvalue weighted by Gasteiger charge is 2.25. The van der Waals surface area contributed by atoms with Gasteiger partial charge in [-0.2, -0.15) is 0 Å². The van der Waals surface area contributed by atoms with Crippen LogP contribution < -0.4 is 10.6 Å². The molecule has 0 aliphatic heterocycles. The number of nitrogens with zero attached hydrogens (tertiary/aromatic N) is 3. The van der Waals surface area contributed by atoms with Crippen LogP contribution in [0.5, 0.6) is 0 Å². The molecular weight excluding hydrogens is 517 g/mol. The second-order valence-corrected chi connectivity index (χ2v) is 10.9. The summed E-state index contributed by atoms with van der Waals surface area (Å²) >= 11 is 13.5. The van der Waals surface area contributed by atoms with Gasteiger partial charge in [0.2, 0.25) is 5.91 Å². The van der Waals surface area contributed by atoms with Gasteiger partial charge >= 0.3 is 0 Å². The summed E-state index contributed by atoms with van der Waals surface area (Å²) in [6.45, 7) is 10.7. The third-order valence-electron chi connectivity index (χ3n) is 5.40. The molecule has 0 saturated carbocycles. The van der Waals surface area contributed by atoms with Crippen molar-refractivity contribution in [2.45, 2.75) is 58.8 Å². The Bertz CT molecular complexity index is 1220. The van der Waals surface area contributed by atoms with Crippen molar-refractivity contribution in [3.8, 4) is 0 Å². The van der Waals surface area contributed by atoms with Gasteiger partial charge in [0.25, 0.3) is 5.91 Å². The molecule has 0 aliphatic rings. The molecular formula is C26H31Cl2N5O2S. The minimum atomic E-state index is -0.379. The van der Waals surface area contributed by atoms with Gasteiger partial charge in [-0.25, -0.2) is 0 Å². The standard InChI is InChI=1S/C26H31Cl2N5O2S/c1-6-33-24(22(9-15(2)3)30-25(35)20-8-7-18(27)13-21(20)28)31-32-26(33)36-14-23(34)29-19-11-16(4)10-17(5)12-19/h7-8,10-13,15,22H,6,9,14H2,1-5H3,(H,29,34)(H,30,35). The van der Waals surface area contributed by atoms with E-state index in [0.29, 0.717) is 34.5 Å². The number of thioether (sulfide) groups is 1. The summed E-state index contributed by atoms with van der Waals surface area (Å²) in [5, 5.41) is 16.1. The lowest BCUT2D eigenvalue weighted by molar-refractivity contribution is -0.113. The number of benzene rings is 2. The molecule has 3 rings (SSSR count). The average Bonchev–Trinajstić information content (AvgIpc) is 3.19. The average molecular weight is 549 g/mol. The number of carbonyl (C=O) groups is 2. The van der Waals surface area contributed by atoms with Gasteiger partial charge in [0, 0.05) is 17.3 Å². The summed E-state index contributed by atoms with van der Waals surface area (Å²) < 4.78 is 1.94. The highest BCUT2D eigenvalue weighted by molar-refractivity contribution is 7.99. The maximum atomic E-state index is 13.0. The number of amides is 2. The smallest absolute Gasteiger partial charge is 0.253 e. The van der Waals surface area contributed by atoms with Gasteiger partial charge in [-0.1, -0.05) is 54.9 Å². The molecule has 2 amide bonds. The second kappa shape index (κ2) is 12.6. The van der Waals surface area contributed by atoms with E-state index < -0.39 is 0 Å². The van der Waals surface area contributed by atoms with Crippen molar-refractivity contribution in [2.75, 3.05) is 11.1 Å². The van der Waals surface area contributed by atoms with Crippen molar-refractivity contribution in [1.82, 2.24) is 20.1 Å². The minimum absolute atomic E-state index is 0.124. The van der Waals surface area contributed by atoms with Crippen molar-refractivity contribution in [3.63, 3.8) is 0 Å². The van der Waals surface area contributed by atoms with E-state index in [4.69, 9.17) is 23.2 Å². The number of halogens is 2. The van der Waals surface area contributed by atoms with Crippen LogP contribution in [0.15, 0.2) is 41.6 Å². The molecule has 0 fully saturated rings. The Hall–Kier alpha value is -2.55. The number of nitrogens with one attached hydrogen (secondary N) is 2. The first-order valence-corrected chi connectivity index (χ1v) is 13.5. The zero-order valence-electron chi connectivity index (χ0n) is 21.1. The molecule has 0 bridgehead atoms. The lowest BCUT2D eigenvalue weighted by Gasteiger charge is -2.21. The Balaban J connectivity index is 1.75. The van der Waals surface area contributed by atoms with Gasteiger partial charge in [-0.05, 0) is 74.6 Å². The summed E-state index contributed by atoms with van der Waals surface area (Å²) in [5.41, 5.74) is 3.30. The first-order valence-electron chi connectivity index (χ1n) is 11.8. The minimum Gasteiger partial charge on any atom is -0.342 e. The van der Waals surface area contributed by atoms with E-state index in [1.807, 2.05) is 37.5 Å². The van der Waals surface area contributed by atoms with E-state index >= 15 is 0 Å². The van der Waals surface area contributed by atoms with Crippen LogP contribution in [0.1, 0.15) is 60.5 Å². The van der Waals surface area contributed by atoms with Crippen LogP contribution in [0.25, 0.3) is 0 Å². The van der Waals surface area contributed by atoms with E-state index in [1.165, 1.54) is 11.8 Å². The van der Waals surface area contributed by atoms with Gasteiger partial charge < -0.3 is 15.2 Å². The SMILES string of the molecule is CCn1c(SCC(=O)Nc2cc(C)cc(C)c2)nnc1C(CC(C)C)NC(=O)c1ccc(Cl)cc1Cl. The third kappa shape index (κ3) is 7.48. The van der Waals surface area contributed by atoms with Crippen molar-refractivity contribution in [3.05, 3.63) is 69.0 Å². The van der Waals surface area contributed by atoms with Gasteiger partial charge in [-0.15, -0.1) is 10.2 Å². The normalized spacial score (nSPS) is 12.0. The monoisotopic (exact) mass is 547 g/mol. The Morgan fingerprint density at radius 1 is 1.06 bits per heavy atom. The zero-order valence-corrected chi connectivity index (χ0v) is 23.4. The molecule has 2 N–H and O–H groups in total. The molecule has 10 heteroatoms. The molecule has 0 radical (unpaired) electrons. The summed E-state index contributed by atoms with van der Waals surface area (Å²) in [6, 6.07) is 10.3. The molecule has 3 aromatic rings. The van der Waals surface area contributed by atoms with Crippen LogP contribution >= 0.6 is 35.0 Å². The van der Waals surface area contributed by atoms with Crippen LogP contribution in [0, 0.1) is 19.8 Å². The first kappa shape index (κ1) is 28.0. The molecule has 7 nitrogen and oxygen atoms in total. The van der Waals surface area contributed by atoms with Gasteiger partial charge in [-0.3, -0.25) is 9.59 Å². The molecule has 1 aromatic heterocycles. The summed E-state index contributed by atoms with van der Waals surface area (Å²) in [7, 11) is 0. The number of hydrogen-bond donors (Lipinski definition) is 2. The number of anilines is 1. The molecule has 1 heterocycles. The van der Waals surface area contributed by atoms with Crippen LogP contribution in [0.3, 0.4) is 0 Å². The van der Waals surface area contributed by atoms with Crippen molar-refractivity contribution in [1.29, 1.82) is 0 Å². The number of aromatic nitrogens is 3. The number of carbonyl (C=O) groups excluding carboxylic acids is 2.